The SMILES string of the molecule is COc1ccc([N+](=O)[O-])cc1OS(=O)(=O)[O-].[Na+]. The number of nitrogens with zero attached hydrogens (tertiary/aromatic N) is 1. The van der Waals surface area contributed by atoms with Crippen LogP contribution >= 0.6 is 0 Å². The van der Waals surface area contributed by atoms with Gasteiger partial charge in [-0.3, -0.25) is 10.1 Å². The van der Waals surface area contributed by atoms with E-state index in [2.05, 4.69) is 8.92 Å². The molecular weight excluding hydrogens is 265 g/mol. The van der Waals surface area contributed by atoms with Gasteiger partial charge in [0, 0.05) is 6.07 Å². The number of nitro benzene ring substituents is 1. The Morgan fingerprint density at radius 3 is 2.29 bits per heavy atom. The fourth-order valence-corrected chi connectivity index (χ4v) is 1.30. The van der Waals surface area contributed by atoms with Crippen molar-refractivity contribution in [1.82, 2.24) is 0 Å². The Morgan fingerprint density at radius 1 is 1.29 bits per heavy atom. The Bertz CT molecular complexity index is 515. The molecule has 1 rings (SSSR count). The molecule has 0 fully saturated rings. The van der Waals surface area contributed by atoms with Crippen molar-refractivity contribution in [3.63, 3.8) is 0 Å². The van der Waals surface area contributed by atoms with Crippen molar-refractivity contribution in [2.75, 3.05) is 7.11 Å². The van der Waals surface area contributed by atoms with E-state index in [9.17, 15) is 23.1 Å². The van der Waals surface area contributed by atoms with Crippen molar-refractivity contribution in [3.05, 3.63) is 28.3 Å². The average molecular weight is 271 g/mol. The third-order valence-electron chi connectivity index (χ3n) is 1.55. The maximum atomic E-state index is 10.4. The van der Waals surface area contributed by atoms with Crippen LogP contribution in [0.2, 0.25) is 0 Å². The molecule has 0 aromatic heterocycles. The Labute approximate surface area is 119 Å². The number of methoxy groups -OCH3 is 1. The van der Waals surface area contributed by atoms with Gasteiger partial charge < -0.3 is 13.5 Å². The maximum Gasteiger partial charge on any atom is 1.00 e. The summed E-state index contributed by atoms with van der Waals surface area (Å²) in [5.74, 6) is -0.614. The molecule has 0 N–H and O–H groups in total. The molecule has 0 aliphatic rings. The normalized spacial score (nSPS) is 10.2. The van der Waals surface area contributed by atoms with Crippen molar-refractivity contribution >= 4 is 16.1 Å². The fourth-order valence-electron chi connectivity index (χ4n) is 0.954. The topological polar surface area (TPSA) is 119 Å². The number of hydrogen-bond acceptors (Lipinski definition) is 7. The molecule has 0 saturated carbocycles. The van der Waals surface area contributed by atoms with Crippen LogP contribution < -0.4 is 38.5 Å². The summed E-state index contributed by atoms with van der Waals surface area (Å²) in [6.45, 7) is 0. The first kappa shape index (κ1) is 16.1. The number of hydrogen-bond donors (Lipinski definition) is 0. The largest absolute Gasteiger partial charge is 1.00 e. The van der Waals surface area contributed by atoms with Crippen molar-refractivity contribution in [1.29, 1.82) is 0 Å². The summed E-state index contributed by atoms with van der Waals surface area (Å²) >= 11 is 0. The van der Waals surface area contributed by atoms with Crippen LogP contribution in [0.4, 0.5) is 5.69 Å². The predicted molar refractivity (Wildman–Crippen MR) is 50.0 cm³/mol. The van der Waals surface area contributed by atoms with Crippen molar-refractivity contribution < 1.29 is 56.4 Å². The standard InChI is InChI=1S/C7H7NO7S.Na/c1-14-6-3-2-5(8(9)10)4-7(6)15-16(11,12)13;/h2-4H,1H3,(H,11,12,13);/q;+1/p-1. The Balaban J connectivity index is 0.00000256. The van der Waals surface area contributed by atoms with Gasteiger partial charge in [-0.1, -0.05) is 0 Å². The summed E-state index contributed by atoms with van der Waals surface area (Å²) in [6, 6.07) is 3.00. The van der Waals surface area contributed by atoms with E-state index in [1.165, 1.54) is 7.11 Å². The summed E-state index contributed by atoms with van der Waals surface area (Å²) < 4.78 is 39.7. The number of nitro groups is 1. The molecule has 1 aromatic rings. The molecule has 0 saturated heterocycles. The van der Waals surface area contributed by atoms with E-state index in [1.54, 1.807) is 0 Å². The summed E-state index contributed by atoms with van der Waals surface area (Å²) in [6.07, 6.45) is 0. The van der Waals surface area contributed by atoms with Crippen LogP contribution in [-0.2, 0) is 10.4 Å². The van der Waals surface area contributed by atoms with E-state index >= 15 is 0 Å². The summed E-state index contributed by atoms with van der Waals surface area (Å²) in [7, 11) is -3.80. The van der Waals surface area contributed by atoms with Gasteiger partial charge in [0.2, 0.25) is 0 Å². The van der Waals surface area contributed by atoms with Gasteiger partial charge >= 0.3 is 29.6 Å². The van der Waals surface area contributed by atoms with Crippen LogP contribution in [0.15, 0.2) is 18.2 Å². The zero-order valence-corrected chi connectivity index (χ0v) is 11.8. The molecule has 17 heavy (non-hydrogen) atoms. The third-order valence-corrected chi connectivity index (χ3v) is 1.93. The second-order valence-corrected chi connectivity index (χ2v) is 3.57. The van der Waals surface area contributed by atoms with Crippen LogP contribution in [0.25, 0.3) is 0 Å². The minimum atomic E-state index is -5.00. The van der Waals surface area contributed by atoms with Gasteiger partial charge in [0.15, 0.2) is 11.5 Å². The van der Waals surface area contributed by atoms with Crippen molar-refractivity contribution in [3.8, 4) is 11.5 Å². The first-order valence-electron chi connectivity index (χ1n) is 3.81. The monoisotopic (exact) mass is 271 g/mol. The second-order valence-electron chi connectivity index (χ2n) is 2.58. The van der Waals surface area contributed by atoms with Gasteiger partial charge in [-0.05, 0) is 6.07 Å². The van der Waals surface area contributed by atoms with E-state index in [-0.39, 0.29) is 35.3 Å². The van der Waals surface area contributed by atoms with Gasteiger partial charge in [-0.15, -0.1) is 0 Å². The molecule has 88 valence electrons. The number of non-ortho nitro benzene ring substituents is 1. The van der Waals surface area contributed by atoms with Crippen molar-refractivity contribution in [2.24, 2.45) is 0 Å². The van der Waals surface area contributed by atoms with Crippen LogP contribution in [0.1, 0.15) is 0 Å². The van der Waals surface area contributed by atoms with E-state index in [1.807, 2.05) is 0 Å². The Morgan fingerprint density at radius 2 is 1.88 bits per heavy atom. The van der Waals surface area contributed by atoms with E-state index in [4.69, 9.17) is 0 Å². The van der Waals surface area contributed by atoms with E-state index in [0.717, 1.165) is 18.2 Å². The van der Waals surface area contributed by atoms with Gasteiger partial charge in [-0.2, -0.15) is 0 Å². The molecule has 0 aliphatic heterocycles. The number of ether oxygens (including phenoxy) is 1. The van der Waals surface area contributed by atoms with Crippen LogP contribution in [-0.4, -0.2) is 25.0 Å². The molecule has 0 unspecified atom stereocenters. The van der Waals surface area contributed by atoms with Gasteiger partial charge in [0.1, 0.15) is 0 Å². The minimum absolute atomic E-state index is 0. The second kappa shape index (κ2) is 6.17. The zero-order chi connectivity index (χ0) is 12.3. The first-order chi connectivity index (χ1) is 7.33. The Hall–Kier alpha value is -0.870. The predicted octanol–water partition coefficient (Wildman–Crippen LogP) is -2.55. The zero-order valence-electron chi connectivity index (χ0n) is 8.95. The molecule has 8 nitrogen and oxygen atoms in total. The minimum Gasteiger partial charge on any atom is -0.716 e. The summed E-state index contributed by atoms with van der Waals surface area (Å²) in [5.41, 5.74) is -0.417. The van der Waals surface area contributed by atoms with Crippen LogP contribution in [0.3, 0.4) is 0 Å². The molecule has 0 radical (unpaired) electrons. The van der Waals surface area contributed by atoms with E-state index in [0.29, 0.717) is 0 Å². The fraction of sp³-hybridized carbons (Fsp3) is 0.143. The third kappa shape index (κ3) is 4.88. The number of benzene rings is 1. The maximum absolute atomic E-state index is 10.4. The summed E-state index contributed by atoms with van der Waals surface area (Å²) in [4.78, 5) is 9.64. The molecular formula is C7H6NNaO7S. The smallest absolute Gasteiger partial charge is 0.716 e. The van der Waals surface area contributed by atoms with Crippen LogP contribution in [0, 0.1) is 10.1 Å². The van der Waals surface area contributed by atoms with Gasteiger partial charge in [0.05, 0.1) is 18.1 Å². The molecule has 0 spiro atoms. The van der Waals surface area contributed by atoms with Crippen LogP contribution in [0.5, 0.6) is 11.5 Å². The average Bonchev–Trinajstić information content (AvgIpc) is 2.15. The molecule has 0 heterocycles. The molecule has 0 bridgehead atoms. The molecule has 0 amide bonds. The van der Waals surface area contributed by atoms with E-state index < -0.39 is 26.8 Å². The first-order valence-corrected chi connectivity index (χ1v) is 5.14. The number of rotatable bonds is 4. The molecule has 10 heteroatoms. The molecule has 0 aliphatic carbocycles. The summed E-state index contributed by atoms with van der Waals surface area (Å²) in [5, 5.41) is 10.4. The molecule has 0 atom stereocenters. The molecule has 1 aromatic carbocycles. The van der Waals surface area contributed by atoms with Crippen molar-refractivity contribution in [2.45, 2.75) is 0 Å². The Kier molecular flexibility index (Phi) is 5.85. The quantitative estimate of drug-likeness (QED) is 0.194. The van der Waals surface area contributed by atoms with Gasteiger partial charge in [0.25, 0.3) is 16.1 Å². The van der Waals surface area contributed by atoms with Gasteiger partial charge in [-0.25, -0.2) is 8.42 Å².